The van der Waals surface area contributed by atoms with Crippen molar-refractivity contribution in [2.75, 3.05) is 0 Å². The summed E-state index contributed by atoms with van der Waals surface area (Å²) in [6.07, 6.45) is 10.4. The summed E-state index contributed by atoms with van der Waals surface area (Å²) in [5, 5.41) is 5.65. The largest absolute Gasteiger partial charge is 0.464 e. The number of imide groups is 1. The summed E-state index contributed by atoms with van der Waals surface area (Å²) in [5.74, 6) is 1.86. The SMILES string of the molecule is O=C1NC(=O)/C(=C/c2ccnc(CC3CCC(NCc4ccccc4-c4ccco4)CC3)n2)S1. The zero-order chi connectivity index (χ0) is 23.3. The second-order valence-electron chi connectivity index (χ2n) is 8.69. The lowest BCUT2D eigenvalue weighted by Gasteiger charge is -2.29. The molecule has 2 aromatic heterocycles. The zero-order valence-electron chi connectivity index (χ0n) is 18.7. The molecule has 0 radical (unpaired) electrons. The van der Waals surface area contributed by atoms with E-state index in [2.05, 4.69) is 38.8 Å². The van der Waals surface area contributed by atoms with Crippen molar-refractivity contribution in [1.29, 1.82) is 0 Å². The number of carbonyl (C=O) groups is 2. The van der Waals surface area contributed by atoms with Gasteiger partial charge < -0.3 is 9.73 Å². The summed E-state index contributed by atoms with van der Waals surface area (Å²) in [4.78, 5) is 32.5. The lowest BCUT2D eigenvalue weighted by Crippen LogP contribution is -2.33. The molecule has 3 aromatic rings. The van der Waals surface area contributed by atoms with Gasteiger partial charge in [0.1, 0.15) is 11.6 Å². The number of benzene rings is 1. The van der Waals surface area contributed by atoms with Crippen molar-refractivity contribution < 1.29 is 14.0 Å². The number of nitrogens with one attached hydrogen (secondary N) is 2. The summed E-state index contributed by atoms with van der Waals surface area (Å²) in [6, 6.07) is 14.5. The first kappa shape index (κ1) is 22.6. The first-order valence-electron chi connectivity index (χ1n) is 11.6. The molecule has 2 aliphatic rings. The number of thioether (sulfide) groups is 1. The zero-order valence-corrected chi connectivity index (χ0v) is 19.5. The molecular weight excluding hydrogens is 448 g/mol. The molecule has 1 saturated heterocycles. The van der Waals surface area contributed by atoms with Crippen LogP contribution in [0, 0.1) is 5.92 Å². The molecule has 3 heterocycles. The molecule has 0 unspecified atom stereocenters. The van der Waals surface area contributed by atoms with E-state index in [4.69, 9.17) is 4.42 Å². The number of furan rings is 1. The van der Waals surface area contributed by atoms with Gasteiger partial charge in [-0.05, 0) is 73.2 Å². The topological polar surface area (TPSA) is 97.1 Å². The van der Waals surface area contributed by atoms with Crippen LogP contribution >= 0.6 is 11.8 Å². The normalized spacial score (nSPS) is 21.7. The predicted molar refractivity (Wildman–Crippen MR) is 132 cm³/mol. The van der Waals surface area contributed by atoms with Crippen molar-refractivity contribution in [3.8, 4) is 11.3 Å². The van der Waals surface area contributed by atoms with Gasteiger partial charge in [0, 0.05) is 30.8 Å². The monoisotopic (exact) mass is 474 g/mol. The van der Waals surface area contributed by atoms with Crippen LogP contribution in [-0.2, 0) is 17.8 Å². The average molecular weight is 475 g/mol. The van der Waals surface area contributed by atoms with Crippen LogP contribution in [0.4, 0.5) is 4.79 Å². The molecule has 8 heteroatoms. The quantitative estimate of drug-likeness (QED) is 0.468. The molecule has 174 valence electrons. The first-order valence-corrected chi connectivity index (χ1v) is 12.4. The maximum atomic E-state index is 11.8. The van der Waals surface area contributed by atoms with Crippen molar-refractivity contribution in [3.63, 3.8) is 0 Å². The minimum absolute atomic E-state index is 0.347. The van der Waals surface area contributed by atoms with Gasteiger partial charge in [-0.25, -0.2) is 9.97 Å². The molecular formula is C26H26N4O3S. The summed E-state index contributed by atoms with van der Waals surface area (Å²) >= 11 is 0.902. The van der Waals surface area contributed by atoms with E-state index in [1.165, 1.54) is 5.56 Å². The van der Waals surface area contributed by atoms with Crippen molar-refractivity contribution in [2.45, 2.75) is 44.7 Å². The minimum Gasteiger partial charge on any atom is -0.464 e. The van der Waals surface area contributed by atoms with Crippen molar-refractivity contribution in [2.24, 2.45) is 5.92 Å². The Morgan fingerprint density at radius 1 is 1.09 bits per heavy atom. The lowest BCUT2D eigenvalue weighted by molar-refractivity contribution is -0.115. The van der Waals surface area contributed by atoms with Crippen molar-refractivity contribution >= 4 is 29.0 Å². The summed E-state index contributed by atoms with van der Waals surface area (Å²) in [6.45, 7) is 0.820. The van der Waals surface area contributed by atoms with Gasteiger partial charge in [-0.2, -0.15) is 0 Å². The van der Waals surface area contributed by atoms with E-state index >= 15 is 0 Å². The van der Waals surface area contributed by atoms with Crippen molar-refractivity contribution in [1.82, 2.24) is 20.6 Å². The fourth-order valence-corrected chi connectivity index (χ4v) is 5.25. The predicted octanol–water partition coefficient (Wildman–Crippen LogP) is 4.95. The van der Waals surface area contributed by atoms with Crippen molar-refractivity contribution in [3.05, 3.63) is 76.9 Å². The highest BCUT2D eigenvalue weighted by atomic mass is 32.2. The third-order valence-corrected chi connectivity index (χ3v) is 7.16. The van der Waals surface area contributed by atoms with E-state index < -0.39 is 0 Å². The molecule has 1 saturated carbocycles. The van der Waals surface area contributed by atoms with Crippen LogP contribution in [0.2, 0.25) is 0 Å². The van der Waals surface area contributed by atoms with Gasteiger partial charge >= 0.3 is 0 Å². The van der Waals surface area contributed by atoms with Crippen LogP contribution in [0.25, 0.3) is 17.4 Å². The summed E-state index contributed by atoms with van der Waals surface area (Å²) < 4.78 is 5.60. The van der Waals surface area contributed by atoms with E-state index in [1.54, 1.807) is 24.6 Å². The molecule has 0 atom stereocenters. The number of hydrogen-bond donors (Lipinski definition) is 2. The third-order valence-electron chi connectivity index (χ3n) is 6.35. The Hall–Kier alpha value is -3.23. The van der Waals surface area contributed by atoms with Gasteiger partial charge in [0.05, 0.1) is 16.9 Å². The molecule has 5 rings (SSSR count). The molecule has 34 heavy (non-hydrogen) atoms. The Kier molecular flexibility index (Phi) is 6.87. The molecule has 2 amide bonds. The molecule has 1 aliphatic heterocycles. The highest BCUT2D eigenvalue weighted by Gasteiger charge is 2.25. The first-order chi connectivity index (χ1) is 16.6. The number of carbonyl (C=O) groups excluding carboxylic acids is 2. The van der Waals surface area contributed by atoms with Crippen LogP contribution in [-0.4, -0.2) is 27.2 Å². The standard InChI is InChI=1S/C26H26N4O3S/c31-25-23(34-26(32)30-25)15-20-11-12-27-24(29-20)14-17-7-9-19(10-8-17)28-16-18-4-1-2-5-21(18)22-6-3-13-33-22/h1-6,11-13,15,17,19,28H,7-10,14,16H2,(H,30,31,32)/b23-15-. The molecule has 0 spiro atoms. The molecule has 1 aromatic carbocycles. The maximum absolute atomic E-state index is 11.8. The van der Waals surface area contributed by atoms with Crippen LogP contribution in [0.1, 0.15) is 42.8 Å². The number of hydrogen-bond acceptors (Lipinski definition) is 7. The highest BCUT2D eigenvalue weighted by Crippen LogP contribution is 2.29. The van der Waals surface area contributed by atoms with Crippen LogP contribution in [0.3, 0.4) is 0 Å². The molecule has 0 bridgehead atoms. The summed E-state index contributed by atoms with van der Waals surface area (Å²) in [5.41, 5.74) is 3.04. The molecule has 2 fully saturated rings. The smallest absolute Gasteiger partial charge is 0.290 e. The van der Waals surface area contributed by atoms with Gasteiger partial charge in [0.25, 0.3) is 11.1 Å². The fourth-order valence-electron chi connectivity index (χ4n) is 4.58. The Morgan fingerprint density at radius 3 is 2.71 bits per heavy atom. The Morgan fingerprint density at radius 2 is 1.94 bits per heavy atom. The number of amides is 2. The van der Waals surface area contributed by atoms with Gasteiger partial charge in [0.2, 0.25) is 0 Å². The Labute approximate surface area is 202 Å². The highest BCUT2D eigenvalue weighted by molar-refractivity contribution is 8.18. The molecule has 2 N–H and O–H groups in total. The van der Waals surface area contributed by atoms with E-state index in [1.807, 2.05) is 18.2 Å². The number of rotatable bonds is 7. The van der Waals surface area contributed by atoms with Crippen LogP contribution < -0.4 is 10.6 Å². The molecule has 1 aliphatic carbocycles. The van der Waals surface area contributed by atoms with Crippen LogP contribution in [0.5, 0.6) is 0 Å². The van der Waals surface area contributed by atoms with E-state index in [0.29, 0.717) is 22.6 Å². The second-order valence-corrected chi connectivity index (χ2v) is 9.70. The average Bonchev–Trinajstić information content (AvgIpc) is 3.49. The molecule has 7 nitrogen and oxygen atoms in total. The third kappa shape index (κ3) is 5.46. The van der Waals surface area contributed by atoms with Crippen LogP contribution in [0.15, 0.2) is 64.2 Å². The van der Waals surface area contributed by atoms with Gasteiger partial charge in [0.15, 0.2) is 0 Å². The maximum Gasteiger partial charge on any atom is 0.290 e. The lowest BCUT2D eigenvalue weighted by atomic mass is 9.84. The summed E-state index contributed by atoms with van der Waals surface area (Å²) in [7, 11) is 0. The van der Waals surface area contributed by atoms with Gasteiger partial charge in [-0.15, -0.1) is 0 Å². The number of aromatic nitrogens is 2. The second kappa shape index (κ2) is 10.4. The fraction of sp³-hybridized carbons (Fsp3) is 0.308. The Bertz CT molecular complexity index is 1200. The van der Waals surface area contributed by atoms with Gasteiger partial charge in [-0.3, -0.25) is 14.9 Å². The number of nitrogens with zero attached hydrogens (tertiary/aromatic N) is 2. The van der Waals surface area contributed by atoms with Gasteiger partial charge in [-0.1, -0.05) is 24.3 Å². The van der Waals surface area contributed by atoms with E-state index in [-0.39, 0.29) is 11.1 Å². The van der Waals surface area contributed by atoms with E-state index in [0.717, 1.165) is 67.6 Å². The Balaban J connectivity index is 1.13. The van der Waals surface area contributed by atoms with E-state index in [9.17, 15) is 9.59 Å². The minimum atomic E-state index is -0.368.